The van der Waals surface area contributed by atoms with E-state index < -0.39 is 31.3 Å². The summed E-state index contributed by atoms with van der Waals surface area (Å²) in [5.74, 6) is -2.75. The van der Waals surface area contributed by atoms with Crippen molar-refractivity contribution in [1.82, 2.24) is 4.90 Å². The van der Waals surface area contributed by atoms with Crippen molar-refractivity contribution < 1.29 is 18.3 Å². The van der Waals surface area contributed by atoms with Gasteiger partial charge in [-0.25, -0.2) is 13.6 Å². The molecule has 1 heterocycles. The van der Waals surface area contributed by atoms with Crippen molar-refractivity contribution in [2.24, 2.45) is 5.73 Å². The van der Waals surface area contributed by atoms with Gasteiger partial charge in [0.15, 0.2) is 0 Å². The van der Waals surface area contributed by atoms with Crippen molar-refractivity contribution in [3.05, 3.63) is 0 Å². The van der Waals surface area contributed by atoms with Crippen molar-refractivity contribution in [3.8, 4) is 0 Å². The monoisotopic (exact) mass is 180 g/mol. The number of nitrogens with zero attached hydrogens (tertiary/aromatic N) is 1. The van der Waals surface area contributed by atoms with Gasteiger partial charge in [0.25, 0.3) is 5.92 Å². The Labute approximate surface area is 68.3 Å². The van der Waals surface area contributed by atoms with E-state index in [-0.39, 0.29) is 0 Å². The van der Waals surface area contributed by atoms with E-state index >= 15 is 0 Å². The minimum atomic E-state index is -2.75. The van der Waals surface area contributed by atoms with E-state index in [1.807, 2.05) is 0 Å². The maximum atomic E-state index is 12.2. The van der Waals surface area contributed by atoms with Crippen LogP contribution in [0, 0.1) is 0 Å². The van der Waals surface area contributed by atoms with Gasteiger partial charge in [-0.05, 0) is 6.92 Å². The third-order valence-electron chi connectivity index (χ3n) is 1.39. The second-order valence-corrected chi connectivity index (χ2v) is 2.80. The van der Waals surface area contributed by atoms with Crippen LogP contribution in [0.2, 0.25) is 0 Å². The highest BCUT2D eigenvalue weighted by Gasteiger charge is 2.47. The van der Waals surface area contributed by atoms with Crippen molar-refractivity contribution >= 4 is 6.09 Å². The first-order valence-corrected chi connectivity index (χ1v) is 3.50. The SMILES string of the molecule is CC(N)OC(=O)N1CC(F)(F)C1. The highest BCUT2D eigenvalue weighted by molar-refractivity contribution is 5.69. The van der Waals surface area contributed by atoms with Gasteiger partial charge in [-0.1, -0.05) is 0 Å². The van der Waals surface area contributed by atoms with E-state index in [1.54, 1.807) is 0 Å². The topological polar surface area (TPSA) is 55.6 Å². The van der Waals surface area contributed by atoms with Crippen LogP contribution in [0.15, 0.2) is 0 Å². The molecule has 1 aliphatic rings. The van der Waals surface area contributed by atoms with E-state index in [1.165, 1.54) is 6.92 Å². The molecule has 0 radical (unpaired) electrons. The number of alkyl halides is 2. The lowest BCUT2D eigenvalue weighted by molar-refractivity contribution is -0.122. The summed E-state index contributed by atoms with van der Waals surface area (Å²) < 4.78 is 28.9. The standard InChI is InChI=1S/C6H10F2N2O2/c1-4(9)12-5(11)10-2-6(7,8)3-10/h4H,2-3,9H2,1H3. The third kappa shape index (κ3) is 2.04. The molecule has 0 aromatic rings. The van der Waals surface area contributed by atoms with Crippen LogP contribution in [0.25, 0.3) is 0 Å². The van der Waals surface area contributed by atoms with Gasteiger partial charge >= 0.3 is 6.09 Å². The largest absolute Gasteiger partial charge is 0.431 e. The zero-order valence-electron chi connectivity index (χ0n) is 6.59. The molecule has 6 heteroatoms. The molecule has 1 amide bonds. The summed E-state index contributed by atoms with van der Waals surface area (Å²) in [5, 5.41) is 0. The summed E-state index contributed by atoms with van der Waals surface area (Å²) in [6, 6.07) is 0. The van der Waals surface area contributed by atoms with E-state index in [9.17, 15) is 13.6 Å². The quantitative estimate of drug-likeness (QED) is 0.593. The van der Waals surface area contributed by atoms with Crippen LogP contribution in [-0.4, -0.2) is 36.2 Å². The van der Waals surface area contributed by atoms with Crippen molar-refractivity contribution in [2.75, 3.05) is 13.1 Å². The average molecular weight is 180 g/mol. The lowest BCUT2D eigenvalue weighted by Gasteiger charge is -2.37. The highest BCUT2D eigenvalue weighted by atomic mass is 19.3. The van der Waals surface area contributed by atoms with E-state index in [0.717, 1.165) is 4.90 Å². The fourth-order valence-electron chi connectivity index (χ4n) is 0.875. The molecule has 1 rings (SSSR count). The van der Waals surface area contributed by atoms with E-state index in [4.69, 9.17) is 5.73 Å². The molecule has 4 nitrogen and oxygen atoms in total. The molecule has 1 unspecified atom stereocenters. The summed E-state index contributed by atoms with van der Waals surface area (Å²) in [5.41, 5.74) is 5.12. The fraction of sp³-hybridized carbons (Fsp3) is 0.833. The van der Waals surface area contributed by atoms with Gasteiger partial charge in [0, 0.05) is 0 Å². The van der Waals surface area contributed by atoms with Crippen LogP contribution in [0.4, 0.5) is 13.6 Å². The first-order valence-electron chi connectivity index (χ1n) is 3.50. The van der Waals surface area contributed by atoms with Crippen LogP contribution in [0.3, 0.4) is 0 Å². The molecule has 1 aliphatic heterocycles. The van der Waals surface area contributed by atoms with Gasteiger partial charge in [0.1, 0.15) is 6.23 Å². The highest BCUT2D eigenvalue weighted by Crippen LogP contribution is 2.26. The summed E-state index contributed by atoms with van der Waals surface area (Å²) in [7, 11) is 0. The predicted molar refractivity (Wildman–Crippen MR) is 36.7 cm³/mol. The zero-order valence-corrected chi connectivity index (χ0v) is 6.59. The molecule has 0 bridgehead atoms. The molecule has 0 aromatic carbocycles. The zero-order chi connectivity index (χ0) is 9.35. The molecule has 0 spiro atoms. The van der Waals surface area contributed by atoms with Crippen molar-refractivity contribution in [3.63, 3.8) is 0 Å². The molecular formula is C6H10F2N2O2. The maximum absolute atomic E-state index is 12.2. The molecule has 70 valence electrons. The summed E-state index contributed by atoms with van der Waals surface area (Å²) in [6.07, 6.45) is -1.54. The maximum Gasteiger partial charge on any atom is 0.411 e. The van der Waals surface area contributed by atoms with Crippen molar-refractivity contribution in [2.45, 2.75) is 19.1 Å². The molecule has 1 fully saturated rings. The summed E-state index contributed by atoms with van der Waals surface area (Å²) in [6.45, 7) is 0.312. The second-order valence-electron chi connectivity index (χ2n) is 2.80. The van der Waals surface area contributed by atoms with Gasteiger partial charge in [-0.15, -0.1) is 0 Å². The van der Waals surface area contributed by atoms with Gasteiger partial charge in [0.2, 0.25) is 0 Å². The van der Waals surface area contributed by atoms with Gasteiger partial charge in [-0.3, -0.25) is 10.6 Å². The van der Waals surface area contributed by atoms with Gasteiger partial charge in [0.05, 0.1) is 13.1 Å². The van der Waals surface area contributed by atoms with Crippen LogP contribution >= 0.6 is 0 Å². The molecule has 1 saturated heterocycles. The fourth-order valence-corrected chi connectivity index (χ4v) is 0.875. The first-order chi connectivity index (χ1) is 5.41. The Morgan fingerprint density at radius 3 is 2.50 bits per heavy atom. The Balaban J connectivity index is 2.29. The average Bonchev–Trinajstić information content (AvgIpc) is 1.80. The molecule has 12 heavy (non-hydrogen) atoms. The number of carbonyl (C=O) groups is 1. The van der Waals surface area contributed by atoms with Gasteiger partial charge in [-0.2, -0.15) is 0 Å². The molecular weight excluding hydrogens is 170 g/mol. The smallest absolute Gasteiger partial charge is 0.411 e. The lowest BCUT2D eigenvalue weighted by Crippen LogP contribution is -2.59. The van der Waals surface area contributed by atoms with Crippen LogP contribution in [0.1, 0.15) is 6.92 Å². The van der Waals surface area contributed by atoms with E-state index in [2.05, 4.69) is 4.74 Å². The normalized spacial score (nSPS) is 22.8. The number of carbonyl (C=O) groups excluding carboxylic acids is 1. The Kier molecular flexibility index (Phi) is 2.18. The number of ether oxygens (including phenoxy) is 1. The number of nitrogens with two attached hydrogens (primary N) is 1. The minimum Gasteiger partial charge on any atom is -0.431 e. The first kappa shape index (κ1) is 9.18. The Hall–Kier alpha value is -0.910. The Morgan fingerprint density at radius 1 is 1.67 bits per heavy atom. The minimum absolute atomic E-state index is 0.571. The number of hydrogen-bond acceptors (Lipinski definition) is 3. The Bertz CT molecular complexity index is 188. The molecule has 2 N–H and O–H groups in total. The van der Waals surface area contributed by atoms with Crippen molar-refractivity contribution in [1.29, 1.82) is 0 Å². The molecule has 0 aromatic heterocycles. The number of amides is 1. The number of hydrogen-bond donors (Lipinski definition) is 1. The van der Waals surface area contributed by atoms with Crippen LogP contribution < -0.4 is 5.73 Å². The second kappa shape index (κ2) is 2.85. The predicted octanol–water partition coefficient (Wildman–Crippen LogP) is 0.379. The van der Waals surface area contributed by atoms with Gasteiger partial charge < -0.3 is 4.74 Å². The lowest BCUT2D eigenvalue weighted by atomic mass is 10.2. The summed E-state index contributed by atoms with van der Waals surface area (Å²) >= 11 is 0. The molecule has 0 saturated carbocycles. The van der Waals surface area contributed by atoms with E-state index in [0.29, 0.717) is 0 Å². The molecule has 0 aliphatic carbocycles. The van der Waals surface area contributed by atoms with Crippen LogP contribution in [-0.2, 0) is 4.74 Å². The summed E-state index contributed by atoms with van der Waals surface area (Å²) in [4.78, 5) is 11.7. The van der Waals surface area contributed by atoms with Crippen LogP contribution in [0.5, 0.6) is 0 Å². The number of likely N-dealkylation sites (tertiary alicyclic amines) is 1. The Morgan fingerprint density at radius 2 is 2.17 bits per heavy atom. The number of rotatable bonds is 1. The molecule has 1 atom stereocenters. The number of halogens is 2. The third-order valence-corrected chi connectivity index (χ3v) is 1.39.